The van der Waals surface area contributed by atoms with Crippen molar-refractivity contribution in [3.8, 4) is 16.8 Å². The number of anilines is 1. The summed E-state index contributed by atoms with van der Waals surface area (Å²) in [4.78, 5) is 17.1. The van der Waals surface area contributed by atoms with Gasteiger partial charge in [-0.1, -0.05) is 24.3 Å². The zero-order valence-electron chi connectivity index (χ0n) is 20.3. The first kappa shape index (κ1) is 24.8. The van der Waals surface area contributed by atoms with E-state index in [2.05, 4.69) is 15.6 Å². The van der Waals surface area contributed by atoms with Crippen LogP contribution >= 0.6 is 0 Å². The fourth-order valence-corrected chi connectivity index (χ4v) is 4.43. The second-order valence-corrected chi connectivity index (χ2v) is 9.36. The van der Waals surface area contributed by atoms with Gasteiger partial charge in [-0.3, -0.25) is 9.36 Å². The maximum Gasteiger partial charge on any atom is 0.390 e. The van der Waals surface area contributed by atoms with E-state index in [1.807, 2.05) is 54.0 Å². The molecule has 0 unspecified atom stereocenters. The van der Waals surface area contributed by atoms with Gasteiger partial charge in [0.1, 0.15) is 11.8 Å². The van der Waals surface area contributed by atoms with Crippen LogP contribution in [0.4, 0.5) is 18.9 Å². The predicted octanol–water partition coefficient (Wildman–Crippen LogP) is 5.75. The highest BCUT2D eigenvalue weighted by Gasteiger charge is 2.27. The van der Waals surface area contributed by atoms with Gasteiger partial charge in [-0.25, -0.2) is 4.98 Å². The molecule has 3 N–H and O–H groups in total. The first-order valence-corrected chi connectivity index (χ1v) is 12.2. The molecule has 6 nitrogen and oxygen atoms in total. The monoisotopic (exact) mass is 508 g/mol. The van der Waals surface area contributed by atoms with E-state index in [1.54, 1.807) is 18.5 Å². The van der Waals surface area contributed by atoms with E-state index in [1.165, 1.54) is 0 Å². The number of hydrogen-bond donors (Lipinski definition) is 3. The summed E-state index contributed by atoms with van der Waals surface area (Å²) in [6, 6.07) is 16.8. The summed E-state index contributed by atoms with van der Waals surface area (Å²) in [5.74, 6) is -0.0962. The molecule has 1 fully saturated rings. The summed E-state index contributed by atoms with van der Waals surface area (Å²) in [6.45, 7) is 1.41. The normalized spacial score (nSPS) is 13.6. The smallest absolute Gasteiger partial charge is 0.390 e. The summed E-state index contributed by atoms with van der Waals surface area (Å²) >= 11 is 0. The minimum atomic E-state index is -4.28. The molecule has 0 spiro atoms. The number of imidazole rings is 1. The van der Waals surface area contributed by atoms with Crippen molar-refractivity contribution in [1.82, 2.24) is 14.9 Å². The maximum atomic E-state index is 12.8. The number of halogens is 3. The maximum absolute atomic E-state index is 12.8. The van der Waals surface area contributed by atoms with Crippen LogP contribution < -0.4 is 10.6 Å². The highest BCUT2D eigenvalue weighted by molar-refractivity contribution is 5.97. The van der Waals surface area contributed by atoms with Crippen molar-refractivity contribution < 1.29 is 23.1 Å². The summed E-state index contributed by atoms with van der Waals surface area (Å²) in [5, 5.41) is 15.8. The molecule has 0 atom stereocenters. The van der Waals surface area contributed by atoms with E-state index < -0.39 is 12.6 Å². The Bertz CT molecular complexity index is 1460. The van der Waals surface area contributed by atoms with E-state index in [0.29, 0.717) is 27.8 Å². The number of rotatable bonds is 8. The molecule has 0 radical (unpaired) electrons. The van der Waals surface area contributed by atoms with Crippen molar-refractivity contribution >= 4 is 22.6 Å². The molecule has 37 heavy (non-hydrogen) atoms. The van der Waals surface area contributed by atoms with Gasteiger partial charge in [0.2, 0.25) is 0 Å². The predicted molar refractivity (Wildman–Crippen MR) is 137 cm³/mol. The average Bonchev–Trinajstić information content (AvgIpc) is 3.57. The van der Waals surface area contributed by atoms with Crippen LogP contribution in [0.3, 0.4) is 0 Å². The van der Waals surface area contributed by atoms with Crippen LogP contribution in [-0.2, 0) is 6.61 Å². The minimum Gasteiger partial charge on any atom is -0.392 e. The van der Waals surface area contributed by atoms with Crippen LogP contribution in [0.15, 0.2) is 60.9 Å². The topological polar surface area (TPSA) is 79.2 Å². The molecule has 3 aromatic carbocycles. The highest BCUT2D eigenvalue weighted by Crippen LogP contribution is 2.34. The molecule has 9 heteroatoms. The Balaban J connectivity index is 1.57. The van der Waals surface area contributed by atoms with Gasteiger partial charge in [0.25, 0.3) is 5.91 Å². The lowest BCUT2D eigenvalue weighted by Crippen LogP contribution is -2.26. The van der Waals surface area contributed by atoms with Gasteiger partial charge in [0.05, 0.1) is 24.2 Å². The van der Waals surface area contributed by atoms with Crippen LogP contribution in [0.5, 0.6) is 0 Å². The molecule has 1 aliphatic rings. The molecule has 0 bridgehead atoms. The molecular weight excluding hydrogens is 481 g/mol. The lowest BCUT2D eigenvalue weighted by molar-refractivity contribution is -0.131. The standard InChI is InChI=1S/C28H27F3N4O2/c1-17-12-21(8-9-22(17)27(37)34-20-6-7-20)35-16-33-26-24(32-11-10-28(29,30)31)13-19(14-25(26)35)23-5-3-2-4-18(23)15-36/h2-5,8-9,12-14,16,20,32,36H,6-7,10-11,15H2,1H3,(H,34,37). The van der Waals surface area contributed by atoms with Crippen molar-refractivity contribution in [2.45, 2.75) is 45.0 Å². The molecular formula is C28H27F3N4O2. The molecule has 1 saturated carbocycles. The minimum absolute atomic E-state index is 0.0962. The molecule has 1 heterocycles. The van der Waals surface area contributed by atoms with E-state index in [4.69, 9.17) is 0 Å². The van der Waals surface area contributed by atoms with E-state index in [-0.39, 0.29) is 25.1 Å². The summed E-state index contributed by atoms with van der Waals surface area (Å²) in [7, 11) is 0. The average molecular weight is 509 g/mol. The molecule has 0 aliphatic heterocycles. The number of carbonyl (C=O) groups excluding carboxylic acids is 1. The number of fused-ring (bicyclic) bond motifs is 1. The number of amides is 1. The number of aliphatic hydroxyl groups excluding tert-OH is 1. The summed E-state index contributed by atoms with van der Waals surface area (Å²) in [5.41, 5.74) is 6.10. The number of aryl methyl sites for hydroxylation is 1. The fourth-order valence-electron chi connectivity index (χ4n) is 4.43. The summed E-state index contributed by atoms with van der Waals surface area (Å²) in [6.07, 6.45) is -1.62. The number of aromatic nitrogens is 2. The number of nitrogens with one attached hydrogen (secondary N) is 2. The van der Waals surface area contributed by atoms with Gasteiger partial charge in [-0.15, -0.1) is 0 Å². The van der Waals surface area contributed by atoms with Crippen molar-refractivity contribution in [2.75, 3.05) is 11.9 Å². The van der Waals surface area contributed by atoms with Gasteiger partial charge in [-0.2, -0.15) is 13.2 Å². The Morgan fingerprint density at radius 2 is 1.92 bits per heavy atom. The molecule has 4 aromatic rings. The van der Waals surface area contributed by atoms with Gasteiger partial charge in [-0.05, 0) is 72.4 Å². The number of aliphatic hydroxyl groups is 1. The van der Waals surface area contributed by atoms with Crippen LogP contribution in [-0.4, -0.2) is 39.3 Å². The first-order chi connectivity index (χ1) is 17.7. The largest absolute Gasteiger partial charge is 0.392 e. The number of alkyl halides is 3. The number of carbonyl (C=O) groups is 1. The van der Waals surface area contributed by atoms with Crippen molar-refractivity contribution in [2.24, 2.45) is 0 Å². The molecule has 1 aliphatic carbocycles. The van der Waals surface area contributed by atoms with Crippen molar-refractivity contribution in [3.63, 3.8) is 0 Å². The third-order valence-electron chi connectivity index (χ3n) is 6.52. The Morgan fingerprint density at radius 1 is 1.14 bits per heavy atom. The molecule has 192 valence electrons. The Labute approximate surface area is 212 Å². The van der Waals surface area contributed by atoms with Gasteiger partial charge in [0, 0.05) is 23.8 Å². The third kappa shape index (κ3) is 5.46. The quantitative estimate of drug-likeness (QED) is 0.283. The second-order valence-electron chi connectivity index (χ2n) is 9.36. The van der Waals surface area contributed by atoms with Gasteiger partial charge >= 0.3 is 6.18 Å². The second kappa shape index (κ2) is 9.89. The molecule has 1 aromatic heterocycles. The first-order valence-electron chi connectivity index (χ1n) is 12.2. The number of benzene rings is 3. The SMILES string of the molecule is Cc1cc(-n2cnc3c(NCCC(F)(F)F)cc(-c4ccccc4CO)cc32)ccc1C(=O)NC1CC1. The van der Waals surface area contributed by atoms with Crippen molar-refractivity contribution in [1.29, 1.82) is 0 Å². The Kier molecular flexibility index (Phi) is 6.64. The van der Waals surface area contributed by atoms with E-state index in [9.17, 15) is 23.1 Å². The van der Waals surface area contributed by atoms with Crippen LogP contribution in [0.1, 0.15) is 40.7 Å². The van der Waals surface area contributed by atoms with Gasteiger partial charge < -0.3 is 15.7 Å². The third-order valence-corrected chi connectivity index (χ3v) is 6.52. The number of nitrogens with zero attached hydrogens (tertiary/aromatic N) is 2. The molecule has 5 rings (SSSR count). The summed E-state index contributed by atoms with van der Waals surface area (Å²) < 4.78 is 40.3. The highest BCUT2D eigenvalue weighted by atomic mass is 19.4. The van der Waals surface area contributed by atoms with Crippen LogP contribution in [0, 0.1) is 6.92 Å². The van der Waals surface area contributed by atoms with Crippen molar-refractivity contribution in [3.05, 3.63) is 77.6 Å². The lowest BCUT2D eigenvalue weighted by atomic mass is 9.98. The Hall–Kier alpha value is -3.85. The molecule has 0 saturated heterocycles. The van der Waals surface area contributed by atoms with Gasteiger partial charge in [0.15, 0.2) is 0 Å². The zero-order chi connectivity index (χ0) is 26.2. The lowest BCUT2D eigenvalue weighted by Gasteiger charge is -2.15. The van der Waals surface area contributed by atoms with Crippen LogP contribution in [0.25, 0.3) is 27.8 Å². The van der Waals surface area contributed by atoms with Crippen LogP contribution in [0.2, 0.25) is 0 Å². The zero-order valence-corrected chi connectivity index (χ0v) is 20.3. The fraction of sp³-hybridized carbons (Fsp3) is 0.286. The molecule has 1 amide bonds. The van der Waals surface area contributed by atoms with E-state index in [0.717, 1.165) is 35.2 Å². The Morgan fingerprint density at radius 3 is 2.62 bits per heavy atom. The number of hydrogen-bond acceptors (Lipinski definition) is 4. The van der Waals surface area contributed by atoms with E-state index >= 15 is 0 Å².